The van der Waals surface area contributed by atoms with Crippen molar-refractivity contribution in [1.29, 1.82) is 0 Å². The van der Waals surface area contributed by atoms with E-state index in [0.29, 0.717) is 12.0 Å². The maximum absolute atomic E-state index is 11.4. The highest BCUT2D eigenvalue weighted by atomic mass is 16.6. The molecule has 0 unspecified atom stereocenters. The number of rotatable bonds is 11. The van der Waals surface area contributed by atoms with Gasteiger partial charge in [-0.15, -0.1) is 0 Å². The minimum absolute atomic E-state index is 0.450. The maximum atomic E-state index is 11.4. The van der Waals surface area contributed by atoms with E-state index in [0.717, 1.165) is 44.6 Å². The predicted octanol–water partition coefficient (Wildman–Crippen LogP) is 4.89. The minimum Gasteiger partial charge on any atom is -0.478 e. The predicted molar refractivity (Wildman–Crippen MR) is 98.1 cm³/mol. The van der Waals surface area contributed by atoms with Gasteiger partial charge in [-0.2, -0.15) is 0 Å². The monoisotopic (exact) mass is 364 g/mol. The lowest BCUT2D eigenvalue weighted by molar-refractivity contribution is -0.394. The first-order valence-corrected chi connectivity index (χ1v) is 8.69. The van der Waals surface area contributed by atoms with Crippen LogP contribution in [0.2, 0.25) is 0 Å². The lowest BCUT2D eigenvalue weighted by Gasteiger charge is -2.08. The average molecular weight is 364 g/mol. The summed E-state index contributed by atoms with van der Waals surface area (Å²) in [5.74, 6) is -1.44. The zero-order valence-electron chi connectivity index (χ0n) is 15.1. The number of nitro benzene ring substituents is 2. The van der Waals surface area contributed by atoms with E-state index in [1.807, 2.05) is 0 Å². The molecule has 0 aliphatic rings. The molecule has 1 N–H and O–H groups in total. The van der Waals surface area contributed by atoms with E-state index >= 15 is 0 Å². The summed E-state index contributed by atoms with van der Waals surface area (Å²) in [7, 11) is 0. The van der Waals surface area contributed by atoms with Crippen LogP contribution in [-0.4, -0.2) is 20.9 Å². The SMILES string of the molecule is C/C=C(/C(=O)O)c1c([N+](=O)[O-])cc(CCCCCCCC)cc1[N+](=O)[O-]. The Morgan fingerprint density at radius 1 is 1.04 bits per heavy atom. The second-order valence-corrected chi connectivity index (χ2v) is 6.05. The van der Waals surface area contributed by atoms with E-state index in [-0.39, 0.29) is 0 Å². The second kappa shape index (κ2) is 10.3. The standard InChI is InChI=1S/C18H24N2O6/c1-3-5-6-7-8-9-10-13-11-15(19(23)24)17(14(4-2)18(21)22)16(12-13)20(25)26/h4,11-12H,3,5-10H2,1-2H3,(H,21,22)/b14-4+. The molecule has 0 fully saturated rings. The van der Waals surface area contributed by atoms with Gasteiger partial charge in [0.25, 0.3) is 11.4 Å². The average Bonchev–Trinajstić information content (AvgIpc) is 2.58. The Labute approximate surface area is 151 Å². The lowest BCUT2D eigenvalue weighted by Crippen LogP contribution is -2.08. The van der Waals surface area contributed by atoms with Crippen molar-refractivity contribution in [3.05, 3.63) is 49.6 Å². The van der Waals surface area contributed by atoms with E-state index in [4.69, 9.17) is 0 Å². The summed E-state index contributed by atoms with van der Waals surface area (Å²) in [4.78, 5) is 32.6. The molecule has 0 saturated heterocycles. The molecule has 0 aromatic heterocycles. The molecule has 1 aromatic carbocycles. The molecule has 1 aromatic rings. The normalized spacial score (nSPS) is 11.4. The van der Waals surface area contributed by atoms with E-state index < -0.39 is 38.3 Å². The highest BCUT2D eigenvalue weighted by Gasteiger charge is 2.31. The van der Waals surface area contributed by atoms with Gasteiger partial charge in [-0.25, -0.2) is 4.79 Å². The summed E-state index contributed by atoms with van der Waals surface area (Å²) in [5, 5.41) is 32.0. The molecular weight excluding hydrogens is 340 g/mol. The first-order valence-electron chi connectivity index (χ1n) is 8.69. The van der Waals surface area contributed by atoms with Crippen LogP contribution in [0.4, 0.5) is 11.4 Å². The fraction of sp³-hybridized carbons (Fsp3) is 0.500. The number of unbranched alkanes of at least 4 members (excludes halogenated alkanes) is 5. The van der Waals surface area contributed by atoms with Gasteiger partial charge in [-0.3, -0.25) is 20.2 Å². The van der Waals surface area contributed by atoms with E-state index in [1.165, 1.54) is 19.1 Å². The van der Waals surface area contributed by atoms with E-state index in [1.54, 1.807) is 0 Å². The third-order valence-corrected chi connectivity index (χ3v) is 4.16. The van der Waals surface area contributed by atoms with Crippen LogP contribution < -0.4 is 0 Å². The van der Waals surface area contributed by atoms with Gasteiger partial charge in [0.05, 0.1) is 15.4 Å². The molecule has 8 nitrogen and oxygen atoms in total. The molecule has 8 heteroatoms. The van der Waals surface area contributed by atoms with Crippen LogP contribution in [0.25, 0.3) is 5.57 Å². The summed E-state index contributed by atoms with van der Waals surface area (Å²) in [6.07, 6.45) is 7.79. The number of aryl methyl sites for hydroxylation is 1. The highest BCUT2D eigenvalue weighted by Crippen LogP contribution is 2.36. The summed E-state index contributed by atoms with van der Waals surface area (Å²) >= 11 is 0. The lowest BCUT2D eigenvalue weighted by atomic mass is 9.96. The topological polar surface area (TPSA) is 124 Å². The molecule has 0 heterocycles. The van der Waals surface area contributed by atoms with Crippen molar-refractivity contribution in [1.82, 2.24) is 0 Å². The Kier molecular flexibility index (Phi) is 8.41. The molecule has 0 radical (unpaired) electrons. The quantitative estimate of drug-likeness (QED) is 0.258. The summed E-state index contributed by atoms with van der Waals surface area (Å²) in [6, 6.07) is 2.50. The molecule has 0 atom stereocenters. The Balaban J connectivity index is 3.19. The van der Waals surface area contributed by atoms with Crippen molar-refractivity contribution in [3.63, 3.8) is 0 Å². The van der Waals surface area contributed by atoms with Gasteiger partial charge in [0, 0.05) is 12.1 Å². The highest BCUT2D eigenvalue weighted by molar-refractivity contribution is 6.18. The van der Waals surface area contributed by atoms with Gasteiger partial charge in [-0.1, -0.05) is 45.1 Å². The second-order valence-electron chi connectivity index (χ2n) is 6.05. The van der Waals surface area contributed by atoms with E-state index in [2.05, 4.69) is 6.92 Å². The first kappa shape index (κ1) is 21.3. The number of aliphatic carboxylic acids is 1. The van der Waals surface area contributed by atoms with Crippen molar-refractivity contribution in [2.75, 3.05) is 0 Å². The Morgan fingerprint density at radius 2 is 1.54 bits per heavy atom. The number of nitrogens with zero attached hydrogens (tertiary/aromatic N) is 2. The zero-order chi connectivity index (χ0) is 19.7. The molecule has 26 heavy (non-hydrogen) atoms. The molecular formula is C18H24N2O6. The van der Waals surface area contributed by atoms with Crippen LogP contribution in [0.1, 0.15) is 63.5 Å². The third-order valence-electron chi connectivity index (χ3n) is 4.16. The molecule has 0 aliphatic heterocycles. The number of nitro groups is 2. The minimum atomic E-state index is -1.44. The van der Waals surface area contributed by atoms with Gasteiger partial charge in [0.15, 0.2) is 0 Å². The summed E-state index contributed by atoms with van der Waals surface area (Å²) in [5.41, 5.74) is -1.52. The molecule has 0 aliphatic carbocycles. The van der Waals surface area contributed by atoms with Gasteiger partial charge >= 0.3 is 5.97 Å². The van der Waals surface area contributed by atoms with Crippen LogP contribution in [0, 0.1) is 20.2 Å². The van der Waals surface area contributed by atoms with Crippen molar-refractivity contribution < 1.29 is 19.7 Å². The van der Waals surface area contributed by atoms with Gasteiger partial charge in [0.1, 0.15) is 5.56 Å². The van der Waals surface area contributed by atoms with Crippen LogP contribution in [0.3, 0.4) is 0 Å². The number of carboxylic acid groups (broad SMARTS) is 1. The molecule has 0 bridgehead atoms. The number of allylic oxidation sites excluding steroid dienone is 1. The summed E-state index contributed by atoms with van der Waals surface area (Å²) in [6.45, 7) is 3.50. The Bertz CT molecular complexity index is 677. The van der Waals surface area contributed by atoms with Crippen molar-refractivity contribution in [2.45, 2.75) is 58.8 Å². The van der Waals surface area contributed by atoms with Gasteiger partial charge in [-0.05, 0) is 25.3 Å². The smallest absolute Gasteiger partial charge is 0.336 e. The van der Waals surface area contributed by atoms with Crippen molar-refractivity contribution in [2.24, 2.45) is 0 Å². The van der Waals surface area contributed by atoms with Gasteiger partial charge < -0.3 is 5.11 Å². The molecule has 142 valence electrons. The largest absolute Gasteiger partial charge is 0.478 e. The maximum Gasteiger partial charge on any atom is 0.336 e. The Hall–Kier alpha value is -2.77. The van der Waals surface area contributed by atoms with Crippen molar-refractivity contribution >= 4 is 22.9 Å². The zero-order valence-corrected chi connectivity index (χ0v) is 15.1. The number of carbonyl (C=O) groups is 1. The number of hydrogen-bond acceptors (Lipinski definition) is 5. The fourth-order valence-corrected chi connectivity index (χ4v) is 2.86. The Morgan fingerprint density at radius 3 is 1.96 bits per heavy atom. The summed E-state index contributed by atoms with van der Waals surface area (Å²) < 4.78 is 0. The van der Waals surface area contributed by atoms with Crippen LogP contribution in [0.5, 0.6) is 0 Å². The third kappa shape index (κ3) is 5.65. The molecule has 0 spiro atoms. The number of benzene rings is 1. The molecule has 0 saturated carbocycles. The number of carboxylic acids is 1. The fourth-order valence-electron chi connectivity index (χ4n) is 2.86. The van der Waals surface area contributed by atoms with Gasteiger partial charge in [0.2, 0.25) is 0 Å². The molecule has 1 rings (SSSR count). The molecule has 0 amide bonds. The van der Waals surface area contributed by atoms with Crippen LogP contribution in [0.15, 0.2) is 18.2 Å². The van der Waals surface area contributed by atoms with Crippen molar-refractivity contribution in [3.8, 4) is 0 Å². The van der Waals surface area contributed by atoms with E-state index in [9.17, 15) is 30.1 Å². The van der Waals surface area contributed by atoms with Crippen LogP contribution in [-0.2, 0) is 11.2 Å². The first-order chi connectivity index (χ1) is 12.3. The number of hydrogen-bond donors (Lipinski definition) is 1. The van der Waals surface area contributed by atoms with Crippen LogP contribution >= 0.6 is 0 Å².